The molecule has 1 aromatic heterocycles. The molecule has 10 aromatic rings. The molecule has 2 nitrogen and oxygen atoms in total. The van der Waals surface area contributed by atoms with Crippen molar-refractivity contribution < 1.29 is 4.42 Å². The molecule has 0 bridgehead atoms. The third-order valence-electron chi connectivity index (χ3n) is 10.4. The SMILES string of the molecule is c1ccc(-c2cc(-c3ccccc3)cc(N(c3ccc(-c4cccc(-c5cccc6ccccc56)c4)cc3)c3ccc4oc5ccccc5c4c3)c2)cc1. The Morgan fingerprint density at radius 1 is 0.278 bits per heavy atom. The van der Waals surface area contributed by atoms with Gasteiger partial charge < -0.3 is 9.32 Å². The first-order chi connectivity index (χ1) is 26.7. The third-order valence-corrected chi connectivity index (χ3v) is 10.4. The van der Waals surface area contributed by atoms with E-state index in [9.17, 15) is 0 Å². The summed E-state index contributed by atoms with van der Waals surface area (Å²) in [6, 6.07) is 76.0. The molecule has 0 atom stereocenters. The first kappa shape index (κ1) is 31.6. The summed E-state index contributed by atoms with van der Waals surface area (Å²) in [6.07, 6.45) is 0. The molecular formula is C52H35NO. The van der Waals surface area contributed by atoms with Crippen molar-refractivity contribution in [3.63, 3.8) is 0 Å². The number of hydrogen-bond acceptors (Lipinski definition) is 2. The number of nitrogens with zero attached hydrogens (tertiary/aromatic N) is 1. The molecule has 0 aliphatic heterocycles. The van der Waals surface area contributed by atoms with Crippen LogP contribution < -0.4 is 4.90 Å². The van der Waals surface area contributed by atoms with Crippen molar-refractivity contribution in [2.75, 3.05) is 4.90 Å². The number of para-hydroxylation sites is 1. The van der Waals surface area contributed by atoms with Gasteiger partial charge in [-0.15, -0.1) is 0 Å². The van der Waals surface area contributed by atoms with Crippen molar-refractivity contribution in [2.24, 2.45) is 0 Å². The molecule has 54 heavy (non-hydrogen) atoms. The number of rotatable bonds is 7. The summed E-state index contributed by atoms with van der Waals surface area (Å²) in [5.41, 5.74) is 14.5. The quantitative estimate of drug-likeness (QED) is 0.166. The van der Waals surface area contributed by atoms with Gasteiger partial charge >= 0.3 is 0 Å². The molecule has 2 heteroatoms. The first-order valence-electron chi connectivity index (χ1n) is 18.4. The van der Waals surface area contributed by atoms with Crippen molar-refractivity contribution >= 4 is 49.8 Å². The molecule has 254 valence electrons. The van der Waals surface area contributed by atoms with Crippen LogP contribution in [0.5, 0.6) is 0 Å². The van der Waals surface area contributed by atoms with E-state index in [0.717, 1.165) is 50.1 Å². The fourth-order valence-electron chi connectivity index (χ4n) is 7.78. The van der Waals surface area contributed by atoms with E-state index in [0.29, 0.717) is 0 Å². The van der Waals surface area contributed by atoms with Crippen LogP contribution in [0, 0.1) is 0 Å². The van der Waals surface area contributed by atoms with E-state index in [1.807, 2.05) is 12.1 Å². The molecule has 0 saturated carbocycles. The van der Waals surface area contributed by atoms with Gasteiger partial charge in [-0.3, -0.25) is 0 Å². The standard InChI is InChI=1S/C52H35NO/c1-3-13-36(14-4-1)42-32-43(37-15-5-2-6-16-37)34-46(33-42)53(45-29-30-52-50(35-45)49-22-9-10-24-51(49)54-52)44-27-25-38(26-28-44)40-19-11-20-41(31-40)48-23-12-18-39-17-7-8-21-47(39)48/h1-35H. The Bertz CT molecular complexity index is 2860. The highest BCUT2D eigenvalue weighted by Crippen LogP contribution is 2.42. The summed E-state index contributed by atoms with van der Waals surface area (Å²) >= 11 is 0. The maximum atomic E-state index is 6.26. The van der Waals surface area contributed by atoms with Gasteiger partial charge in [0.05, 0.1) is 0 Å². The largest absolute Gasteiger partial charge is 0.456 e. The topological polar surface area (TPSA) is 16.4 Å². The van der Waals surface area contributed by atoms with E-state index >= 15 is 0 Å². The monoisotopic (exact) mass is 689 g/mol. The molecule has 9 aromatic carbocycles. The van der Waals surface area contributed by atoms with Crippen LogP contribution in [0.4, 0.5) is 17.1 Å². The number of anilines is 3. The predicted octanol–water partition coefficient (Wildman–Crippen LogP) is 14.9. The van der Waals surface area contributed by atoms with Gasteiger partial charge in [-0.25, -0.2) is 0 Å². The van der Waals surface area contributed by atoms with E-state index in [-0.39, 0.29) is 0 Å². The van der Waals surface area contributed by atoms with Crippen molar-refractivity contribution in [2.45, 2.75) is 0 Å². The predicted molar refractivity (Wildman–Crippen MR) is 228 cm³/mol. The van der Waals surface area contributed by atoms with Gasteiger partial charge in [0.25, 0.3) is 0 Å². The fraction of sp³-hybridized carbons (Fsp3) is 0. The zero-order chi connectivity index (χ0) is 35.8. The van der Waals surface area contributed by atoms with Crippen LogP contribution in [0.15, 0.2) is 217 Å². The molecule has 0 N–H and O–H groups in total. The summed E-state index contributed by atoms with van der Waals surface area (Å²) in [5, 5.41) is 4.72. The zero-order valence-electron chi connectivity index (χ0n) is 29.6. The van der Waals surface area contributed by atoms with Crippen LogP contribution in [0.25, 0.3) is 77.2 Å². The minimum absolute atomic E-state index is 0.879. The first-order valence-corrected chi connectivity index (χ1v) is 18.4. The normalized spacial score (nSPS) is 11.3. The van der Waals surface area contributed by atoms with E-state index in [4.69, 9.17) is 4.42 Å². The van der Waals surface area contributed by atoms with Gasteiger partial charge in [0, 0.05) is 27.8 Å². The third kappa shape index (κ3) is 5.81. The van der Waals surface area contributed by atoms with Gasteiger partial charge in [-0.2, -0.15) is 0 Å². The minimum Gasteiger partial charge on any atom is -0.456 e. The highest BCUT2D eigenvalue weighted by molar-refractivity contribution is 6.06. The van der Waals surface area contributed by atoms with Gasteiger partial charge in [0.1, 0.15) is 11.2 Å². The van der Waals surface area contributed by atoms with Gasteiger partial charge in [-0.1, -0.05) is 152 Å². The Morgan fingerprint density at radius 2 is 0.815 bits per heavy atom. The van der Waals surface area contributed by atoms with Crippen molar-refractivity contribution in [3.05, 3.63) is 212 Å². The molecule has 0 fully saturated rings. The van der Waals surface area contributed by atoms with Crippen LogP contribution in [0.3, 0.4) is 0 Å². The molecule has 0 saturated heterocycles. The van der Waals surface area contributed by atoms with Crippen LogP contribution in [-0.4, -0.2) is 0 Å². The summed E-state index contributed by atoms with van der Waals surface area (Å²) in [7, 11) is 0. The molecular weight excluding hydrogens is 655 g/mol. The van der Waals surface area contributed by atoms with Gasteiger partial charge in [0.2, 0.25) is 0 Å². The van der Waals surface area contributed by atoms with Gasteiger partial charge in [-0.05, 0) is 116 Å². The average Bonchev–Trinajstić information content (AvgIpc) is 3.62. The van der Waals surface area contributed by atoms with Crippen molar-refractivity contribution in [3.8, 4) is 44.5 Å². The highest BCUT2D eigenvalue weighted by atomic mass is 16.3. The minimum atomic E-state index is 0.879. The molecule has 0 spiro atoms. The molecule has 1 heterocycles. The number of furan rings is 1. The average molecular weight is 690 g/mol. The lowest BCUT2D eigenvalue weighted by Gasteiger charge is -2.27. The van der Waals surface area contributed by atoms with Gasteiger partial charge in [0.15, 0.2) is 0 Å². The second kappa shape index (κ2) is 13.4. The van der Waals surface area contributed by atoms with Crippen molar-refractivity contribution in [1.29, 1.82) is 0 Å². The molecule has 0 radical (unpaired) electrons. The maximum Gasteiger partial charge on any atom is 0.135 e. The lowest BCUT2D eigenvalue weighted by Crippen LogP contribution is -2.10. The number of hydrogen-bond donors (Lipinski definition) is 0. The Balaban J connectivity index is 1.12. The van der Waals surface area contributed by atoms with E-state index < -0.39 is 0 Å². The fourth-order valence-corrected chi connectivity index (χ4v) is 7.78. The molecule has 10 rings (SSSR count). The lowest BCUT2D eigenvalue weighted by molar-refractivity contribution is 0.669. The Morgan fingerprint density at radius 3 is 1.57 bits per heavy atom. The zero-order valence-corrected chi connectivity index (χ0v) is 29.6. The summed E-state index contributed by atoms with van der Waals surface area (Å²) < 4.78 is 6.26. The smallest absolute Gasteiger partial charge is 0.135 e. The van der Waals surface area contributed by atoms with Crippen LogP contribution in [-0.2, 0) is 0 Å². The second-order valence-electron chi connectivity index (χ2n) is 13.8. The summed E-state index contributed by atoms with van der Waals surface area (Å²) in [6.45, 7) is 0. The Hall–Kier alpha value is -7.16. The van der Waals surface area contributed by atoms with Crippen LogP contribution in [0.1, 0.15) is 0 Å². The van der Waals surface area contributed by atoms with E-state index in [1.54, 1.807) is 0 Å². The van der Waals surface area contributed by atoms with Crippen LogP contribution in [0.2, 0.25) is 0 Å². The van der Waals surface area contributed by atoms with Crippen LogP contribution >= 0.6 is 0 Å². The molecule has 0 aliphatic rings. The maximum absolute atomic E-state index is 6.26. The summed E-state index contributed by atoms with van der Waals surface area (Å²) in [4.78, 5) is 2.37. The summed E-state index contributed by atoms with van der Waals surface area (Å²) in [5.74, 6) is 0. The molecule has 0 amide bonds. The van der Waals surface area contributed by atoms with E-state index in [1.165, 1.54) is 44.2 Å². The second-order valence-corrected chi connectivity index (χ2v) is 13.8. The highest BCUT2D eigenvalue weighted by Gasteiger charge is 2.18. The molecule has 0 aliphatic carbocycles. The number of fused-ring (bicyclic) bond motifs is 4. The lowest BCUT2D eigenvalue weighted by atomic mass is 9.95. The Labute approximate surface area is 314 Å². The van der Waals surface area contributed by atoms with E-state index in [2.05, 4.69) is 205 Å². The number of benzene rings is 9. The Kier molecular flexibility index (Phi) is 7.85. The molecule has 0 unspecified atom stereocenters. The van der Waals surface area contributed by atoms with Crippen molar-refractivity contribution in [1.82, 2.24) is 0 Å².